The fourth-order valence-corrected chi connectivity index (χ4v) is 3.38. The molecule has 0 unspecified atom stereocenters. The Kier molecular flexibility index (Phi) is 4.06. The van der Waals surface area contributed by atoms with Gasteiger partial charge in [0.2, 0.25) is 11.8 Å². The molecule has 3 aromatic heterocycles. The van der Waals surface area contributed by atoms with Crippen LogP contribution in [-0.4, -0.2) is 28.9 Å². The van der Waals surface area contributed by atoms with Gasteiger partial charge in [0.25, 0.3) is 5.56 Å². The molecule has 0 aliphatic rings. The summed E-state index contributed by atoms with van der Waals surface area (Å²) >= 11 is 3.34. The Morgan fingerprint density at radius 1 is 1.15 bits per heavy atom. The van der Waals surface area contributed by atoms with Crippen LogP contribution in [0.1, 0.15) is 11.5 Å². The quantitative estimate of drug-likeness (QED) is 0.457. The van der Waals surface area contributed by atoms with Crippen molar-refractivity contribution in [1.82, 2.24) is 28.9 Å². The van der Waals surface area contributed by atoms with E-state index in [1.54, 1.807) is 11.6 Å². The molecule has 0 aliphatic carbocycles. The zero-order valence-corrected chi connectivity index (χ0v) is 16.4. The second-order valence-corrected chi connectivity index (χ2v) is 6.92. The number of nitrogens with zero attached hydrogens (tertiary/aromatic N) is 6. The summed E-state index contributed by atoms with van der Waals surface area (Å²) < 4.78 is 10.1. The van der Waals surface area contributed by atoms with E-state index in [0.29, 0.717) is 16.5 Å². The number of aromatic nitrogens is 6. The molecule has 1 aromatic carbocycles. The molecule has 0 saturated carbocycles. The lowest BCUT2D eigenvalue weighted by molar-refractivity contribution is 0.488. The van der Waals surface area contributed by atoms with Crippen molar-refractivity contribution in [2.24, 2.45) is 14.1 Å². The molecule has 0 saturated heterocycles. The summed E-state index contributed by atoms with van der Waals surface area (Å²) in [6, 6.07) is 7.73. The first kappa shape index (κ1) is 17.4. The predicted molar refractivity (Wildman–Crippen MR) is 101 cm³/mol. The van der Waals surface area contributed by atoms with E-state index < -0.39 is 11.2 Å². The number of hydrogen-bond acceptors (Lipinski definition) is 6. The average Bonchev–Trinajstić information content (AvgIpc) is 3.24. The fourth-order valence-electron chi connectivity index (χ4n) is 2.91. The Hall–Kier alpha value is -3.01. The maximum Gasteiger partial charge on any atom is 0.332 e. The van der Waals surface area contributed by atoms with Crippen LogP contribution < -0.4 is 11.2 Å². The van der Waals surface area contributed by atoms with Crippen LogP contribution in [0.25, 0.3) is 22.6 Å². The van der Waals surface area contributed by atoms with E-state index in [0.717, 1.165) is 15.7 Å². The van der Waals surface area contributed by atoms with Crippen molar-refractivity contribution in [2.75, 3.05) is 0 Å². The number of hydrogen-bond donors (Lipinski definition) is 0. The SMILES string of the molecule is Cc1cccc(-c2nnc(Cn3c(Br)nc4c3c(=O)n(C)c(=O)n4C)o2)c1. The Bertz CT molecular complexity index is 1300. The Morgan fingerprint density at radius 3 is 2.67 bits per heavy atom. The number of halogens is 1. The van der Waals surface area contributed by atoms with Gasteiger partial charge in [-0.3, -0.25) is 13.9 Å². The Labute approximate surface area is 161 Å². The van der Waals surface area contributed by atoms with Crippen LogP contribution in [0.3, 0.4) is 0 Å². The third-order valence-corrected chi connectivity index (χ3v) is 4.93. The third kappa shape index (κ3) is 2.81. The molecular formula is C17H15BrN6O3. The van der Waals surface area contributed by atoms with Crippen LogP contribution in [0.5, 0.6) is 0 Å². The standard InChI is InChI=1S/C17H15BrN6O3/c1-9-5-4-6-10(7-9)14-21-20-11(27-14)8-24-12-13(19-16(24)18)22(2)17(26)23(3)15(12)25/h4-7H,8H2,1-3H3. The monoisotopic (exact) mass is 430 g/mol. The van der Waals surface area contributed by atoms with Crippen LogP contribution in [0.4, 0.5) is 0 Å². The van der Waals surface area contributed by atoms with Crippen molar-refractivity contribution in [2.45, 2.75) is 13.5 Å². The second-order valence-electron chi connectivity index (χ2n) is 6.22. The molecule has 4 rings (SSSR count). The van der Waals surface area contributed by atoms with Gasteiger partial charge >= 0.3 is 5.69 Å². The summed E-state index contributed by atoms with van der Waals surface area (Å²) in [6.45, 7) is 2.12. The largest absolute Gasteiger partial charge is 0.419 e. The van der Waals surface area contributed by atoms with Gasteiger partial charge in [-0.05, 0) is 35.0 Å². The van der Waals surface area contributed by atoms with Crippen LogP contribution in [0, 0.1) is 6.92 Å². The molecule has 0 spiro atoms. The summed E-state index contributed by atoms with van der Waals surface area (Å²) in [6.07, 6.45) is 0. The maximum absolute atomic E-state index is 12.6. The summed E-state index contributed by atoms with van der Waals surface area (Å²) in [5.74, 6) is 0.719. The zero-order valence-electron chi connectivity index (χ0n) is 14.8. The van der Waals surface area contributed by atoms with E-state index in [1.807, 2.05) is 31.2 Å². The van der Waals surface area contributed by atoms with E-state index in [4.69, 9.17) is 4.42 Å². The van der Waals surface area contributed by atoms with Crippen molar-refractivity contribution in [3.63, 3.8) is 0 Å². The van der Waals surface area contributed by atoms with Crippen molar-refractivity contribution in [3.05, 3.63) is 61.3 Å². The van der Waals surface area contributed by atoms with Gasteiger partial charge in [0.05, 0.1) is 0 Å². The van der Waals surface area contributed by atoms with Gasteiger partial charge in [-0.1, -0.05) is 17.7 Å². The van der Waals surface area contributed by atoms with Crippen molar-refractivity contribution in [3.8, 4) is 11.5 Å². The smallest absolute Gasteiger partial charge is 0.332 e. The van der Waals surface area contributed by atoms with Gasteiger partial charge in [0.15, 0.2) is 15.9 Å². The molecule has 27 heavy (non-hydrogen) atoms. The number of fused-ring (bicyclic) bond motifs is 1. The molecular weight excluding hydrogens is 416 g/mol. The van der Waals surface area contributed by atoms with E-state index in [2.05, 4.69) is 31.1 Å². The average molecular weight is 431 g/mol. The van der Waals surface area contributed by atoms with E-state index in [-0.39, 0.29) is 17.7 Å². The summed E-state index contributed by atoms with van der Waals surface area (Å²) in [5, 5.41) is 8.16. The second kappa shape index (κ2) is 6.31. The molecule has 3 heterocycles. The minimum absolute atomic E-state index is 0.142. The minimum atomic E-state index is -0.441. The van der Waals surface area contributed by atoms with E-state index in [1.165, 1.54) is 11.6 Å². The summed E-state index contributed by atoms with van der Waals surface area (Å²) in [7, 11) is 2.99. The molecule has 0 bridgehead atoms. The van der Waals surface area contributed by atoms with Gasteiger partial charge in [0.1, 0.15) is 6.54 Å². The number of aryl methyl sites for hydroxylation is 2. The van der Waals surface area contributed by atoms with Gasteiger partial charge in [0, 0.05) is 19.7 Å². The highest BCUT2D eigenvalue weighted by molar-refractivity contribution is 9.10. The first-order valence-electron chi connectivity index (χ1n) is 8.08. The van der Waals surface area contributed by atoms with Crippen LogP contribution >= 0.6 is 15.9 Å². The lowest BCUT2D eigenvalue weighted by Gasteiger charge is -2.05. The van der Waals surface area contributed by atoms with Gasteiger partial charge in [-0.2, -0.15) is 0 Å². The maximum atomic E-state index is 12.6. The fraction of sp³-hybridized carbons (Fsp3) is 0.235. The summed E-state index contributed by atoms with van der Waals surface area (Å²) in [5.41, 5.74) is 1.59. The predicted octanol–water partition coefficient (Wildman–Crippen LogP) is 1.60. The molecule has 10 heteroatoms. The first-order chi connectivity index (χ1) is 12.9. The van der Waals surface area contributed by atoms with Crippen LogP contribution in [-0.2, 0) is 20.6 Å². The Morgan fingerprint density at radius 2 is 1.93 bits per heavy atom. The molecule has 0 fully saturated rings. The molecule has 0 atom stereocenters. The molecule has 0 radical (unpaired) electrons. The zero-order chi connectivity index (χ0) is 19.3. The Balaban J connectivity index is 1.80. The van der Waals surface area contributed by atoms with E-state index >= 15 is 0 Å². The highest BCUT2D eigenvalue weighted by atomic mass is 79.9. The molecule has 138 valence electrons. The van der Waals surface area contributed by atoms with Crippen molar-refractivity contribution in [1.29, 1.82) is 0 Å². The lowest BCUT2D eigenvalue weighted by atomic mass is 10.1. The van der Waals surface area contributed by atoms with Crippen molar-refractivity contribution < 1.29 is 4.42 Å². The highest BCUT2D eigenvalue weighted by Crippen LogP contribution is 2.21. The normalized spacial score (nSPS) is 11.4. The molecule has 4 aromatic rings. The number of rotatable bonds is 3. The summed E-state index contributed by atoms with van der Waals surface area (Å²) in [4.78, 5) is 29.0. The lowest BCUT2D eigenvalue weighted by Crippen LogP contribution is -2.37. The molecule has 0 amide bonds. The van der Waals surface area contributed by atoms with Gasteiger partial charge in [-0.15, -0.1) is 10.2 Å². The third-order valence-electron chi connectivity index (χ3n) is 4.33. The number of benzene rings is 1. The van der Waals surface area contributed by atoms with Gasteiger partial charge < -0.3 is 8.98 Å². The minimum Gasteiger partial charge on any atom is -0.419 e. The van der Waals surface area contributed by atoms with E-state index in [9.17, 15) is 9.59 Å². The number of imidazole rings is 1. The molecule has 0 aliphatic heterocycles. The van der Waals surface area contributed by atoms with Crippen LogP contribution in [0.15, 0.2) is 43.0 Å². The molecule has 9 nitrogen and oxygen atoms in total. The molecule has 0 N–H and O–H groups in total. The van der Waals surface area contributed by atoms with Gasteiger partial charge in [-0.25, -0.2) is 9.78 Å². The van der Waals surface area contributed by atoms with Crippen LogP contribution in [0.2, 0.25) is 0 Å². The highest BCUT2D eigenvalue weighted by Gasteiger charge is 2.20. The van der Waals surface area contributed by atoms with Crippen molar-refractivity contribution >= 4 is 27.1 Å². The first-order valence-corrected chi connectivity index (χ1v) is 8.87. The topological polar surface area (TPSA) is 101 Å².